The second-order valence-corrected chi connectivity index (χ2v) is 7.50. The molecule has 0 bridgehead atoms. The molecule has 0 saturated heterocycles. The summed E-state index contributed by atoms with van der Waals surface area (Å²) in [7, 11) is 1.29. The van der Waals surface area contributed by atoms with Gasteiger partial charge in [0.25, 0.3) is 0 Å². The van der Waals surface area contributed by atoms with Crippen molar-refractivity contribution < 1.29 is 24.2 Å². The van der Waals surface area contributed by atoms with E-state index in [4.69, 9.17) is 9.47 Å². The Morgan fingerprint density at radius 2 is 1.61 bits per heavy atom. The summed E-state index contributed by atoms with van der Waals surface area (Å²) in [5.74, 6) is -0.401. The van der Waals surface area contributed by atoms with Gasteiger partial charge in [-0.15, -0.1) is 0 Å². The Balaban J connectivity index is 2.36. The molecule has 2 aromatic carbocycles. The molecule has 6 heteroatoms. The summed E-state index contributed by atoms with van der Waals surface area (Å²) in [6.07, 6.45) is -0.357. The van der Waals surface area contributed by atoms with Crippen LogP contribution in [0.1, 0.15) is 31.9 Å². The van der Waals surface area contributed by atoms with E-state index < -0.39 is 23.7 Å². The average molecular weight is 385 g/mol. The number of rotatable bonds is 6. The van der Waals surface area contributed by atoms with Gasteiger partial charge in [-0.1, -0.05) is 42.5 Å². The molecule has 150 valence electrons. The smallest absolute Gasteiger partial charge is 0.411 e. The van der Waals surface area contributed by atoms with E-state index in [1.807, 2.05) is 30.3 Å². The fourth-order valence-electron chi connectivity index (χ4n) is 2.71. The van der Waals surface area contributed by atoms with Crippen molar-refractivity contribution in [2.75, 3.05) is 7.11 Å². The predicted molar refractivity (Wildman–Crippen MR) is 106 cm³/mol. The number of phenols is 1. The lowest BCUT2D eigenvalue weighted by atomic mass is 10.0. The molecule has 0 fully saturated rings. The summed E-state index contributed by atoms with van der Waals surface area (Å²) < 4.78 is 10.5. The minimum Gasteiger partial charge on any atom is -0.508 e. The molecule has 1 atom stereocenters. The van der Waals surface area contributed by atoms with Crippen molar-refractivity contribution in [3.8, 4) is 5.75 Å². The fraction of sp³-hybridized carbons (Fsp3) is 0.364. The summed E-state index contributed by atoms with van der Waals surface area (Å²) in [6, 6.07) is 15.0. The summed E-state index contributed by atoms with van der Waals surface area (Å²) in [6.45, 7) is 5.53. The Morgan fingerprint density at radius 1 is 1.00 bits per heavy atom. The van der Waals surface area contributed by atoms with Gasteiger partial charge in [-0.25, -0.2) is 9.59 Å². The number of benzene rings is 2. The van der Waals surface area contributed by atoms with Gasteiger partial charge in [0.2, 0.25) is 0 Å². The first-order valence-corrected chi connectivity index (χ1v) is 9.09. The van der Waals surface area contributed by atoms with Crippen molar-refractivity contribution in [2.24, 2.45) is 0 Å². The number of carbonyl (C=O) groups excluding carboxylic acids is 2. The van der Waals surface area contributed by atoms with E-state index in [1.165, 1.54) is 12.0 Å². The molecular formula is C22H27NO5. The minimum absolute atomic E-state index is 0.131. The van der Waals surface area contributed by atoms with Crippen LogP contribution in [0.25, 0.3) is 0 Å². The largest absolute Gasteiger partial charge is 0.508 e. The van der Waals surface area contributed by atoms with Crippen LogP contribution in [0.3, 0.4) is 0 Å². The van der Waals surface area contributed by atoms with Crippen LogP contribution in [-0.2, 0) is 27.2 Å². The van der Waals surface area contributed by atoms with Crippen LogP contribution in [0, 0.1) is 0 Å². The van der Waals surface area contributed by atoms with Crippen molar-refractivity contribution in [1.29, 1.82) is 0 Å². The minimum atomic E-state index is -0.871. The number of methoxy groups -OCH3 is 1. The van der Waals surface area contributed by atoms with Gasteiger partial charge in [0.05, 0.1) is 7.11 Å². The average Bonchev–Trinajstić information content (AvgIpc) is 2.65. The van der Waals surface area contributed by atoms with E-state index in [0.717, 1.165) is 11.1 Å². The van der Waals surface area contributed by atoms with Gasteiger partial charge in [0.1, 0.15) is 17.4 Å². The lowest BCUT2D eigenvalue weighted by Gasteiger charge is -2.32. The number of hydrogen-bond donors (Lipinski definition) is 1. The molecule has 28 heavy (non-hydrogen) atoms. The zero-order chi connectivity index (χ0) is 20.7. The number of nitrogens with zero attached hydrogens (tertiary/aromatic N) is 1. The summed E-state index contributed by atoms with van der Waals surface area (Å²) >= 11 is 0. The van der Waals surface area contributed by atoms with E-state index in [1.54, 1.807) is 45.0 Å². The normalized spacial score (nSPS) is 12.1. The number of esters is 1. The molecule has 0 aliphatic carbocycles. The highest BCUT2D eigenvalue weighted by Crippen LogP contribution is 2.20. The third-order valence-corrected chi connectivity index (χ3v) is 4.04. The molecule has 6 nitrogen and oxygen atoms in total. The maximum Gasteiger partial charge on any atom is 0.411 e. The van der Waals surface area contributed by atoms with Crippen LogP contribution in [0.15, 0.2) is 54.6 Å². The number of phenolic OH excluding ortho intramolecular Hbond substituents is 1. The van der Waals surface area contributed by atoms with Gasteiger partial charge in [-0.05, 0) is 44.0 Å². The van der Waals surface area contributed by atoms with Gasteiger partial charge < -0.3 is 14.6 Å². The molecule has 1 N–H and O–H groups in total. The first kappa shape index (κ1) is 21.3. The molecule has 2 aromatic rings. The highest BCUT2D eigenvalue weighted by atomic mass is 16.6. The Hall–Kier alpha value is -3.02. The van der Waals surface area contributed by atoms with Crippen molar-refractivity contribution in [3.05, 3.63) is 65.7 Å². The highest BCUT2D eigenvalue weighted by Gasteiger charge is 2.34. The van der Waals surface area contributed by atoms with Gasteiger partial charge in [-0.3, -0.25) is 4.90 Å². The number of aromatic hydroxyl groups is 1. The molecular weight excluding hydrogens is 358 g/mol. The van der Waals surface area contributed by atoms with Crippen LogP contribution < -0.4 is 0 Å². The van der Waals surface area contributed by atoms with E-state index in [9.17, 15) is 14.7 Å². The van der Waals surface area contributed by atoms with E-state index in [2.05, 4.69) is 0 Å². The van der Waals surface area contributed by atoms with Crippen LogP contribution in [0.4, 0.5) is 4.79 Å². The second-order valence-electron chi connectivity index (χ2n) is 7.50. The molecule has 1 amide bonds. The van der Waals surface area contributed by atoms with Crippen LogP contribution in [0.5, 0.6) is 5.75 Å². The summed E-state index contributed by atoms with van der Waals surface area (Å²) in [5, 5.41) is 9.49. The Bertz CT molecular complexity index is 781. The molecule has 0 radical (unpaired) electrons. The lowest BCUT2D eigenvalue weighted by molar-refractivity contribution is -0.147. The van der Waals surface area contributed by atoms with Crippen LogP contribution in [-0.4, -0.2) is 40.8 Å². The summed E-state index contributed by atoms with van der Waals surface area (Å²) in [5.41, 5.74) is 0.952. The Morgan fingerprint density at radius 3 is 2.14 bits per heavy atom. The zero-order valence-electron chi connectivity index (χ0n) is 16.7. The third kappa shape index (κ3) is 6.30. The maximum absolute atomic E-state index is 12.9. The fourth-order valence-corrected chi connectivity index (χ4v) is 2.71. The van der Waals surface area contributed by atoms with E-state index >= 15 is 0 Å². The quantitative estimate of drug-likeness (QED) is 0.763. The second kappa shape index (κ2) is 9.26. The first-order chi connectivity index (χ1) is 13.2. The number of hydrogen-bond acceptors (Lipinski definition) is 5. The standard InChI is InChI=1S/C22H27NO5/c1-22(2,3)28-21(26)23(15-17-8-6-5-7-9-17)19(20(25)27-4)14-16-10-12-18(24)13-11-16/h5-13,19,24H,14-15H2,1-4H3/t19-/m0/s1. The van der Waals surface area contributed by atoms with Gasteiger partial charge in [0, 0.05) is 13.0 Å². The maximum atomic E-state index is 12.9. The molecule has 2 rings (SSSR count). The monoisotopic (exact) mass is 385 g/mol. The molecule has 0 unspecified atom stereocenters. The number of amides is 1. The van der Waals surface area contributed by atoms with E-state index in [-0.39, 0.29) is 18.7 Å². The molecule has 0 saturated carbocycles. The van der Waals surface area contributed by atoms with Crippen LogP contribution >= 0.6 is 0 Å². The Kier molecular flexibility index (Phi) is 7.04. The first-order valence-electron chi connectivity index (χ1n) is 9.09. The van der Waals surface area contributed by atoms with Crippen molar-refractivity contribution in [3.63, 3.8) is 0 Å². The van der Waals surface area contributed by atoms with Crippen molar-refractivity contribution in [2.45, 2.75) is 45.4 Å². The van der Waals surface area contributed by atoms with Gasteiger partial charge in [-0.2, -0.15) is 0 Å². The van der Waals surface area contributed by atoms with Gasteiger partial charge >= 0.3 is 12.1 Å². The van der Waals surface area contributed by atoms with Crippen LogP contribution in [0.2, 0.25) is 0 Å². The van der Waals surface area contributed by atoms with Gasteiger partial charge in [0.15, 0.2) is 0 Å². The van der Waals surface area contributed by atoms with Crippen molar-refractivity contribution >= 4 is 12.1 Å². The molecule has 0 aliphatic heterocycles. The molecule has 0 spiro atoms. The molecule has 0 aromatic heterocycles. The Labute approximate surface area is 165 Å². The SMILES string of the molecule is COC(=O)[C@H](Cc1ccc(O)cc1)N(Cc1ccccc1)C(=O)OC(C)(C)C. The third-order valence-electron chi connectivity index (χ3n) is 4.04. The predicted octanol–water partition coefficient (Wildman–Crippen LogP) is 3.91. The number of carbonyl (C=O) groups is 2. The highest BCUT2D eigenvalue weighted by molar-refractivity contribution is 5.82. The zero-order valence-corrected chi connectivity index (χ0v) is 16.7. The van der Waals surface area contributed by atoms with E-state index in [0.29, 0.717) is 0 Å². The summed E-state index contributed by atoms with van der Waals surface area (Å²) in [4.78, 5) is 26.9. The topological polar surface area (TPSA) is 76.1 Å². The lowest BCUT2D eigenvalue weighted by Crippen LogP contribution is -2.48. The van der Waals surface area contributed by atoms with Crippen molar-refractivity contribution in [1.82, 2.24) is 4.90 Å². The number of ether oxygens (including phenoxy) is 2. The molecule has 0 heterocycles. The molecule has 0 aliphatic rings.